The molecule has 2 N–H and O–H groups in total. The van der Waals surface area contributed by atoms with Gasteiger partial charge in [0, 0.05) is 38.6 Å². The number of anilines is 1. The maximum atomic E-state index is 13.0. The molecule has 17 heteroatoms. The molecule has 1 saturated heterocycles. The summed E-state index contributed by atoms with van der Waals surface area (Å²) in [7, 11) is -0.0974. The van der Waals surface area contributed by atoms with E-state index >= 15 is 0 Å². The highest BCUT2D eigenvalue weighted by molar-refractivity contribution is 7.44. The summed E-state index contributed by atoms with van der Waals surface area (Å²) in [6.45, 7) is 10.3. The van der Waals surface area contributed by atoms with Crippen LogP contribution in [0.3, 0.4) is 0 Å². The van der Waals surface area contributed by atoms with Gasteiger partial charge in [0.05, 0.1) is 45.5 Å². The van der Waals surface area contributed by atoms with Crippen molar-refractivity contribution in [2.45, 2.75) is 77.1 Å². The highest BCUT2D eigenvalue weighted by atomic mass is 31.2. The van der Waals surface area contributed by atoms with Gasteiger partial charge in [-0.3, -0.25) is 9.36 Å². The highest BCUT2D eigenvalue weighted by Crippen LogP contribution is 2.50. The second-order valence-electron chi connectivity index (χ2n) is 15.3. The first-order valence-corrected chi connectivity index (χ1v) is 22.0. The van der Waals surface area contributed by atoms with Crippen molar-refractivity contribution in [3.8, 4) is 11.1 Å². The molecule has 0 spiro atoms. The van der Waals surface area contributed by atoms with Crippen LogP contribution in [-0.4, -0.2) is 120 Å². The van der Waals surface area contributed by atoms with E-state index in [1.54, 1.807) is 42.3 Å². The van der Waals surface area contributed by atoms with Gasteiger partial charge in [-0.2, -0.15) is 0 Å². The number of hydrogen-bond acceptors (Lipinski definition) is 13. The van der Waals surface area contributed by atoms with Crippen LogP contribution < -0.4 is 10.6 Å². The lowest BCUT2D eigenvalue weighted by Crippen LogP contribution is -2.39. The highest BCUT2D eigenvalue weighted by Gasteiger charge is 2.48. The lowest BCUT2D eigenvalue weighted by Gasteiger charge is -2.38. The number of imidazole rings is 1. The molecule has 0 radical (unpaired) electrons. The van der Waals surface area contributed by atoms with Gasteiger partial charge in [0.15, 0.2) is 23.2 Å². The summed E-state index contributed by atoms with van der Waals surface area (Å²) in [5.74, 6) is -0.0789. The molecule has 2 aromatic heterocycles. The molecular formula is C45H56N7O9P. The second kappa shape index (κ2) is 21.5. The maximum Gasteiger partial charge on any atom is 0.407 e. The topological polar surface area (TPSA) is 170 Å². The minimum atomic E-state index is -1.67. The molecule has 5 unspecified atom stereocenters. The van der Waals surface area contributed by atoms with E-state index in [9.17, 15) is 9.59 Å². The molecule has 1 fully saturated rings. The number of rotatable bonds is 21. The summed E-state index contributed by atoms with van der Waals surface area (Å²) in [5, 5.41) is 5.60. The third-order valence-electron chi connectivity index (χ3n) is 10.6. The first-order valence-electron chi connectivity index (χ1n) is 21.5. The van der Waals surface area contributed by atoms with E-state index in [1.807, 2.05) is 30.3 Å². The summed E-state index contributed by atoms with van der Waals surface area (Å²) in [5.41, 5.74) is 5.96. The number of methoxy groups -OCH3 is 1. The van der Waals surface area contributed by atoms with Crippen molar-refractivity contribution in [2.24, 2.45) is 0 Å². The zero-order chi connectivity index (χ0) is 44.3. The van der Waals surface area contributed by atoms with Crippen molar-refractivity contribution < 1.29 is 43.7 Å². The zero-order valence-corrected chi connectivity index (χ0v) is 36.6. The van der Waals surface area contributed by atoms with Crippen molar-refractivity contribution in [3.63, 3.8) is 0 Å². The molecule has 2 aliphatic rings. The fraction of sp³-hybridized carbons (Fsp3) is 0.444. The summed E-state index contributed by atoms with van der Waals surface area (Å²) >= 11 is 0. The van der Waals surface area contributed by atoms with Gasteiger partial charge in [0.25, 0.3) is 14.4 Å². The van der Waals surface area contributed by atoms with Gasteiger partial charge in [-0.15, -0.1) is 0 Å². The summed E-state index contributed by atoms with van der Waals surface area (Å²) in [6, 6.07) is 25.4. The lowest BCUT2D eigenvalue weighted by molar-refractivity contribution is -0.0467. The molecule has 0 bridgehead atoms. The molecule has 1 aliphatic carbocycles. The third kappa shape index (κ3) is 10.5. The fourth-order valence-corrected chi connectivity index (χ4v) is 9.56. The van der Waals surface area contributed by atoms with E-state index in [1.165, 1.54) is 17.5 Å². The Balaban J connectivity index is 0.871. The number of benzene rings is 3. The van der Waals surface area contributed by atoms with Crippen molar-refractivity contribution in [1.29, 1.82) is 0 Å². The molecule has 7 rings (SSSR count). The molecule has 330 valence electrons. The average molecular weight is 871 g/mol. The Bertz CT molecular complexity index is 2220. The van der Waals surface area contributed by atoms with Gasteiger partial charge in [-0.05, 0) is 69.0 Å². The molecule has 5 atom stereocenters. The zero-order valence-electron chi connectivity index (χ0n) is 36.7. The molecular weight excluding hydrogens is 814 g/mol. The Morgan fingerprint density at radius 1 is 0.855 bits per heavy atom. The fourth-order valence-electron chi connectivity index (χ4n) is 7.81. The number of nitrogens with one attached hydrogen (secondary N) is 2. The van der Waals surface area contributed by atoms with Crippen LogP contribution in [0.2, 0.25) is 0 Å². The van der Waals surface area contributed by atoms with Crippen LogP contribution in [0.1, 0.15) is 69.6 Å². The van der Waals surface area contributed by atoms with E-state index in [2.05, 4.69) is 82.2 Å². The van der Waals surface area contributed by atoms with Gasteiger partial charge < -0.3 is 43.4 Å². The standard InChI is InChI=1S/C45H56N7O9P/c1-29(2)52(30(3)4)62(59-25-24-57-23-22-56-21-20-46-45(54)58-26-37-35-18-12-10-16-33(35)34-17-11-13-19-36(34)37)61-39-31(5)60-44(40(39)55-6)51-28-49-38-41(47-27-48-42(38)51)50-43(53)32-14-8-7-9-15-32/h7-19,27-31,37,39-40,44H,20-26H2,1-6H3,(H,46,54)(H,47,48,50,53)/i5D. The number of amides is 2. The minimum Gasteiger partial charge on any atom is -0.449 e. The Kier molecular flexibility index (Phi) is 15.1. The maximum absolute atomic E-state index is 13.0. The van der Waals surface area contributed by atoms with Gasteiger partial charge >= 0.3 is 6.09 Å². The first kappa shape index (κ1) is 43.7. The summed E-state index contributed by atoms with van der Waals surface area (Å²) in [4.78, 5) is 38.8. The van der Waals surface area contributed by atoms with Crippen molar-refractivity contribution >= 4 is 37.5 Å². The van der Waals surface area contributed by atoms with Crippen LogP contribution in [0, 0.1) is 0 Å². The van der Waals surface area contributed by atoms with Crippen LogP contribution in [0.5, 0.6) is 0 Å². The normalized spacial score (nSPS) is 19.2. The smallest absolute Gasteiger partial charge is 0.407 e. The summed E-state index contributed by atoms with van der Waals surface area (Å²) in [6.07, 6.45) is -0.348. The van der Waals surface area contributed by atoms with Crippen LogP contribution >= 0.6 is 8.53 Å². The first-order chi connectivity index (χ1) is 30.7. The number of alkyl carbamates (subject to hydrolysis) is 1. The number of carbonyl (C=O) groups excluding carboxylic acids is 2. The predicted octanol–water partition coefficient (Wildman–Crippen LogP) is 7.33. The molecule has 62 heavy (non-hydrogen) atoms. The Morgan fingerprint density at radius 2 is 1.52 bits per heavy atom. The molecule has 1 aliphatic heterocycles. The van der Waals surface area contributed by atoms with E-state index in [-0.39, 0.29) is 56.4 Å². The summed E-state index contributed by atoms with van der Waals surface area (Å²) < 4.78 is 55.1. The Labute approximate surface area is 364 Å². The van der Waals surface area contributed by atoms with Crippen molar-refractivity contribution in [3.05, 3.63) is 108 Å². The number of nitrogens with zero attached hydrogens (tertiary/aromatic N) is 5. The van der Waals surface area contributed by atoms with Gasteiger partial charge in [0.1, 0.15) is 25.1 Å². The van der Waals surface area contributed by atoms with Gasteiger partial charge in [0.2, 0.25) is 0 Å². The molecule has 3 heterocycles. The number of hydrogen-bond donors (Lipinski definition) is 2. The Hall–Kier alpha value is -4.90. The number of aromatic nitrogens is 4. The van der Waals surface area contributed by atoms with Crippen molar-refractivity contribution in [2.75, 3.05) is 58.6 Å². The van der Waals surface area contributed by atoms with E-state index in [4.69, 9.17) is 34.1 Å². The van der Waals surface area contributed by atoms with Crippen LogP contribution in [-0.2, 0) is 32.7 Å². The monoisotopic (exact) mass is 870 g/mol. The van der Waals surface area contributed by atoms with Crippen LogP contribution in [0.25, 0.3) is 22.3 Å². The molecule has 0 saturated carbocycles. The van der Waals surface area contributed by atoms with Crippen molar-refractivity contribution in [1.82, 2.24) is 29.5 Å². The predicted molar refractivity (Wildman–Crippen MR) is 235 cm³/mol. The molecule has 16 nitrogen and oxygen atoms in total. The molecule has 3 aromatic carbocycles. The molecule has 2 amide bonds. The van der Waals surface area contributed by atoms with Gasteiger partial charge in [-0.1, -0.05) is 66.7 Å². The number of carbonyl (C=O) groups is 2. The minimum absolute atomic E-state index is 0.00234. The third-order valence-corrected chi connectivity index (χ3v) is 12.7. The van der Waals surface area contributed by atoms with Gasteiger partial charge in [-0.25, -0.2) is 24.4 Å². The van der Waals surface area contributed by atoms with E-state index in [0.29, 0.717) is 43.1 Å². The quantitative estimate of drug-likeness (QED) is 0.0556. The molecule has 5 aromatic rings. The number of ether oxygens (including phenoxy) is 5. The Morgan fingerprint density at radius 3 is 2.19 bits per heavy atom. The second-order valence-corrected chi connectivity index (χ2v) is 16.7. The van der Waals surface area contributed by atoms with Crippen LogP contribution in [0.4, 0.5) is 10.6 Å². The van der Waals surface area contributed by atoms with E-state index in [0.717, 1.165) is 11.1 Å². The van der Waals surface area contributed by atoms with E-state index < -0.39 is 39.2 Å². The largest absolute Gasteiger partial charge is 0.449 e. The SMILES string of the molecule is [2H]CC1OC(n2cnc3c(NC(=O)c4ccccc4)ncnc32)C(OC)C1OP(OCCOCCOCCNC(=O)OCC1c2ccccc2-c2ccccc21)N(C(C)C)C(C)C. The number of fused-ring (bicyclic) bond motifs is 4. The lowest BCUT2D eigenvalue weighted by atomic mass is 9.98. The average Bonchev–Trinajstić information content (AvgIpc) is 3.98. The van der Waals surface area contributed by atoms with Crippen LogP contribution in [0.15, 0.2) is 91.5 Å².